The monoisotopic (exact) mass is 315 g/mol. The van der Waals surface area contributed by atoms with Crippen LogP contribution in [0.5, 0.6) is 0 Å². The van der Waals surface area contributed by atoms with Crippen molar-refractivity contribution in [3.8, 4) is 0 Å². The quantitative estimate of drug-likeness (QED) is 0.769. The molecule has 1 heterocycles. The number of aryl methyl sites for hydroxylation is 1. The minimum absolute atomic E-state index is 0.0746. The summed E-state index contributed by atoms with van der Waals surface area (Å²) in [5.41, 5.74) is 2.36. The Balaban J connectivity index is 1.78. The lowest BCUT2D eigenvalue weighted by molar-refractivity contribution is -0.885. The van der Waals surface area contributed by atoms with Crippen molar-refractivity contribution in [2.45, 2.75) is 38.8 Å². The maximum atomic E-state index is 11.9. The number of carbonyl (C=O) groups excluding carboxylic acids is 1. The summed E-state index contributed by atoms with van der Waals surface area (Å²) in [5, 5.41) is 3.94. The summed E-state index contributed by atoms with van der Waals surface area (Å²) >= 11 is 0. The van der Waals surface area contributed by atoms with Gasteiger partial charge in [0.25, 0.3) is 5.91 Å². The molecule has 0 radical (unpaired) electrons. The Morgan fingerprint density at radius 3 is 2.83 bits per heavy atom. The number of quaternary nitrogens is 1. The Hall–Kier alpha value is -2.14. The van der Waals surface area contributed by atoms with Gasteiger partial charge in [0.2, 0.25) is 0 Å². The van der Waals surface area contributed by atoms with Crippen molar-refractivity contribution in [2.75, 3.05) is 13.6 Å². The second-order valence-corrected chi connectivity index (χ2v) is 6.43. The Bertz CT molecular complexity index is 777. The highest BCUT2D eigenvalue weighted by Crippen LogP contribution is 2.19. The van der Waals surface area contributed by atoms with E-state index in [9.17, 15) is 9.59 Å². The van der Waals surface area contributed by atoms with Gasteiger partial charge in [0, 0.05) is 23.1 Å². The van der Waals surface area contributed by atoms with Gasteiger partial charge in [-0.2, -0.15) is 0 Å². The fourth-order valence-corrected chi connectivity index (χ4v) is 2.81. The Morgan fingerprint density at radius 2 is 2.13 bits per heavy atom. The number of benzene rings is 1. The molecule has 1 saturated carbocycles. The van der Waals surface area contributed by atoms with Crippen molar-refractivity contribution in [3.05, 3.63) is 45.8 Å². The highest BCUT2D eigenvalue weighted by Gasteiger charge is 2.24. The van der Waals surface area contributed by atoms with E-state index in [0.29, 0.717) is 24.7 Å². The van der Waals surface area contributed by atoms with Crippen LogP contribution in [-0.4, -0.2) is 25.5 Å². The second kappa shape index (κ2) is 6.54. The van der Waals surface area contributed by atoms with Crippen LogP contribution >= 0.6 is 0 Å². The van der Waals surface area contributed by atoms with E-state index >= 15 is 0 Å². The third-order valence-electron chi connectivity index (χ3n) is 4.20. The van der Waals surface area contributed by atoms with Gasteiger partial charge in [-0.15, -0.1) is 0 Å². The van der Waals surface area contributed by atoms with E-state index in [4.69, 9.17) is 4.42 Å². The van der Waals surface area contributed by atoms with E-state index in [0.717, 1.165) is 40.7 Å². The van der Waals surface area contributed by atoms with Crippen LogP contribution in [0.3, 0.4) is 0 Å². The van der Waals surface area contributed by atoms with Crippen LogP contribution in [0.4, 0.5) is 0 Å². The zero-order valence-corrected chi connectivity index (χ0v) is 13.6. The van der Waals surface area contributed by atoms with Crippen LogP contribution in [0.15, 0.2) is 33.5 Å². The minimum atomic E-state index is -0.337. The Labute approximate surface area is 135 Å². The first-order valence-corrected chi connectivity index (χ1v) is 8.21. The Morgan fingerprint density at radius 1 is 1.35 bits per heavy atom. The summed E-state index contributed by atoms with van der Waals surface area (Å²) in [4.78, 5) is 24.8. The summed E-state index contributed by atoms with van der Waals surface area (Å²) in [6.45, 7) is 3.09. The molecule has 0 spiro atoms. The van der Waals surface area contributed by atoms with Gasteiger partial charge in [-0.25, -0.2) is 4.79 Å². The van der Waals surface area contributed by atoms with Gasteiger partial charge in [-0.3, -0.25) is 4.79 Å². The van der Waals surface area contributed by atoms with Crippen molar-refractivity contribution in [1.29, 1.82) is 0 Å². The van der Waals surface area contributed by atoms with Crippen molar-refractivity contribution >= 4 is 16.9 Å². The van der Waals surface area contributed by atoms with Crippen molar-refractivity contribution in [3.63, 3.8) is 0 Å². The van der Waals surface area contributed by atoms with Gasteiger partial charge in [-0.05, 0) is 30.9 Å². The van der Waals surface area contributed by atoms with E-state index in [1.165, 1.54) is 6.07 Å². The van der Waals surface area contributed by atoms with Crippen LogP contribution in [0.1, 0.15) is 30.9 Å². The number of nitrogens with one attached hydrogen (secondary N) is 2. The first-order chi connectivity index (χ1) is 11.0. The predicted octanol–water partition coefficient (Wildman–Crippen LogP) is 0.649. The number of hydrogen-bond acceptors (Lipinski definition) is 3. The van der Waals surface area contributed by atoms with Crippen LogP contribution < -0.4 is 15.8 Å². The molecule has 1 unspecified atom stereocenters. The molecule has 0 saturated heterocycles. The molecule has 2 aromatic rings. The molecule has 1 aromatic carbocycles. The van der Waals surface area contributed by atoms with Gasteiger partial charge in [0.05, 0.1) is 7.05 Å². The number of amides is 1. The van der Waals surface area contributed by atoms with Gasteiger partial charge < -0.3 is 14.6 Å². The van der Waals surface area contributed by atoms with E-state index in [1.807, 2.05) is 19.2 Å². The summed E-state index contributed by atoms with van der Waals surface area (Å²) in [7, 11) is 1.97. The third-order valence-corrected chi connectivity index (χ3v) is 4.20. The predicted molar refractivity (Wildman–Crippen MR) is 88.5 cm³/mol. The average Bonchev–Trinajstić information content (AvgIpc) is 3.29. The molecule has 5 nitrogen and oxygen atoms in total. The lowest BCUT2D eigenvalue weighted by Gasteiger charge is -2.15. The van der Waals surface area contributed by atoms with Gasteiger partial charge >= 0.3 is 5.63 Å². The number of carbonyl (C=O) groups is 1. The second-order valence-electron chi connectivity index (χ2n) is 6.43. The molecule has 122 valence electrons. The molecule has 0 aliphatic heterocycles. The molecular formula is C18H23N2O3+. The van der Waals surface area contributed by atoms with Gasteiger partial charge in [0.1, 0.15) is 12.1 Å². The minimum Gasteiger partial charge on any atom is -0.423 e. The normalized spacial score (nSPS) is 15.6. The number of hydrogen-bond donors (Lipinski definition) is 2. The maximum Gasteiger partial charge on any atom is 0.336 e. The molecule has 2 N–H and O–H groups in total. The summed E-state index contributed by atoms with van der Waals surface area (Å²) in [6, 6.07) is 7.91. The molecule has 5 heteroatoms. The molecule has 1 fully saturated rings. The van der Waals surface area contributed by atoms with Crippen LogP contribution in [0.2, 0.25) is 0 Å². The van der Waals surface area contributed by atoms with Gasteiger partial charge in [-0.1, -0.05) is 19.1 Å². The van der Waals surface area contributed by atoms with Crippen LogP contribution in [0, 0.1) is 0 Å². The highest BCUT2D eigenvalue weighted by atomic mass is 16.4. The standard InChI is InChI=1S/C18H22N2O3/c1-3-12-4-7-15-13(9-18(22)23-16(15)8-12)10-20(2)11-17(21)19-14-5-6-14/h4,7-9,14H,3,5-6,10-11H2,1-2H3,(H,19,21)/p+1. The maximum absolute atomic E-state index is 11.9. The van der Waals surface area contributed by atoms with E-state index in [-0.39, 0.29) is 11.5 Å². The molecule has 1 atom stereocenters. The SMILES string of the molecule is CCc1ccc2c(C[NH+](C)CC(=O)NC3CC3)cc(=O)oc2c1. The lowest BCUT2D eigenvalue weighted by atomic mass is 10.1. The van der Waals surface area contributed by atoms with Crippen molar-refractivity contribution in [2.24, 2.45) is 0 Å². The zero-order chi connectivity index (χ0) is 16.4. The van der Waals surface area contributed by atoms with E-state index < -0.39 is 0 Å². The molecular weight excluding hydrogens is 292 g/mol. The van der Waals surface area contributed by atoms with E-state index in [1.54, 1.807) is 0 Å². The largest absolute Gasteiger partial charge is 0.423 e. The highest BCUT2D eigenvalue weighted by molar-refractivity contribution is 5.81. The average molecular weight is 315 g/mol. The molecule has 1 aliphatic carbocycles. The number of fused-ring (bicyclic) bond motifs is 1. The number of likely N-dealkylation sites (N-methyl/N-ethyl adjacent to an activating group) is 1. The molecule has 23 heavy (non-hydrogen) atoms. The molecule has 1 amide bonds. The molecule has 0 bridgehead atoms. The van der Waals surface area contributed by atoms with Gasteiger partial charge in [0.15, 0.2) is 6.54 Å². The Kier molecular flexibility index (Phi) is 4.48. The first-order valence-electron chi connectivity index (χ1n) is 8.21. The number of rotatable bonds is 6. The van der Waals surface area contributed by atoms with Crippen LogP contribution in [0.25, 0.3) is 11.0 Å². The smallest absolute Gasteiger partial charge is 0.336 e. The molecule has 3 rings (SSSR count). The molecule has 1 aromatic heterocycles. The topological polar surface area (TPSA) is 63.8 Å². The van der Waals surface area contributed by atoms with Crippen molar-refractivity contribution in [1.82, 2.24) is 5.32 Å². The van der Waals surface area contributed by atoms with Crippen LogP contribution in [-0.2, 0) is 17.8 Å². The summed E-state index contributed by atoms with van der Waals surface area (Å²) < 4.78 is 5.32. The zero-order valence-electron chi connectivity index (χ0n) is 13.6. The lowest BCUT2D eigenvalue weighted by Crippen LogP contribution is -3.09. The fraction of sp³-hybridized carbons (Fsp3) is 0.444. The fourth-order valence-electron chi connectivity index (χ4n) is 2.81. The first kappa shape index (κ1) is 15.7. The summed E-state index contributed by atoms with van der Waals surface area (Å²) in [6.07, 6.45) is 3.08. The van der Waals surface area contributed by atoms with Crippen molar-refractivity contribution < 1.29 is 14.1 Å². The molecule has 1 aliphatic rings. The third kappa shape index (κ3) is 3.99. The summed E-state index contributed by atoms with van der Waals surface area (Å²) in [5.74, 6) is 0.0746. The van der Waals surface area contributed by atoms with E-state index in [2.05, 4.69) is 18.3 Å².